The number of phosphoric acid groups is 1. The van der Waals surface area contributed by atoms with Crippen molar-refractivity contribution in [2.75, 3.05) is 0 Å². The molecule has 0 atom stereocenters. The van der Waals surface area contributed by atoms with Gasteiger partial charge in [0.25, 0.3) is 0 Å². The van der Waals surface area contributed by atoms with Gasteiger partial charge in [-0.2, -0.15) is 7.82 Å². The second kappa shape index (κ2) is 46.2. The molecule has 0 aliphatic carbocycles. The van der Waals surface area contributed by atoms with Gasteiger partial charge in [-0.1, -0.05) is 0 Å². The van der Waals surface area contributed by atoms with Crippen LogP contribution in [0.1, 0.15) is 0 Å². The van der Waals surface area contributed by atoms with E-state index in [1.54, 1.807) is 0 Å². The molecule has 44 valence electrons. The van der Waals surface area contributed by atoms with E-state index in [0.717, 1.165) is 0 Å². The molecule has 0 saturated carbocycles. The first kappa shape index (κ1) is 63.0. The first-order chi connectivity index (χ1) is 2.00. The Hall–Kier alpha value is 14.8. The summed E-state index contributed by atoms with van der Waals surface area (Å²) in [4.78, 5) is 25.6. The van der Waals surface area contributed by atoms with Gasteiger partial charge in [0.15, 0.2) is 0 Å². The third-order valence-corrected chi connectivity index (χ3v) is 0. The van der Waals surface area contributed by atoms with Crippen molar-refractivity contribution in [1.29, 1.82) is 0 Å². The van der Waals surface area contributed by atoms with Crippen molar-refractivity contribution in [2.24, 2.45) is 0 Å². The van der Waals surface area contributed by atoms with Crippen LogP contribution in [0.4, 0.5) is 0 Å². The minimum atomic E-state index is -5.39. The topological polar surface area (TPSA) is 86.2 Å². The fourth-order valence-electron chi connectivity index (χ4n) is 0. The predicted molar refractivity (Wildman–Crippen MR) is 50.5 cm³/mol. The Labute approximate surface area is 469 Å². The molecule has 0 aliphatic heterocycles. The second-order valence-corrected chi connectivity index (χ2v) is 1.34. The number of rotatable bonds is 0. The molecule has 14 heteroatoms. The maximum absolute atomic E-state index is 8.55. The maximum atomic E-state index is 8.55. The van der Waals surface area contributed by atoms with Crippen molar-refractivity contribution < 1.29 is 173 Å². The minimum absolute atomic E-state index is 0. The van der Waals surface area contributed by atoms with Gasteiger partial charge < -0.3 is 19.2 Å². The fraction of sp³-hybridized carbons (Fsp3) is 0. The van der Waals surface area contributed by atoms with Crippen LogP contribution in [0.15, 0.2) is 0 Å². The summed E-state index contributed by atoms with van der Waals surface area (Å²) in [7, 11) is -5.39. The van der Waals surface area contributed by atoms with E-state index in [1.165, 1.54) is 0 Å². The fourth-order valence-corrected chi connectivity index (χ4v) is 0. The molecule has 4 nitrogen and oxygen atoms in total. The molecule has 0 heterocycles. The van der Waals surface area contributed by atoms with Gasteiger partial charge in [-0.05, 0) is 0 Å². The Morgan fingerprint density at radius 2 is 0.571 bits per heavy atom. The molecule has 0 aromatic carbocycles. The van der Waals surface area contributed by atoms with Crippen LogP contribution in [0.2, 0.25) is 0 Å². The van der Waals surface area contributed by atoms with Crippen LogP contribution >= 0.6 is 7.82 Å². The van der Waals surface area contributed by atoms with Gasteiger partial charge in [0.1, 0.15) is 0 Å². The zero-order valence-corrected chi connectivity index (χ0v) is 15.3. The van der Waals surface area contributed by atoms with Crippen LogP contribution in [0, 0.1) is 0 Å². The summed E-state index contributed by atoms with van der Waals surface area (Å²) in [6.07, 6.45) is 0. The third-order valence-electron chi connectivity index (χ3n) is 0. The quantitative estimate of drug-likeness (QED) is 0.270. The molecule has 0 aromatic heterocycles. The molecule has 0 spiro atoms. The molecule has 0 fully saturated rings. The zero-order chi connectivity index (χ0) is 4.50. The van der Waals surface area contributed by atoms with E-state index in [2.05, 4.69) is 0 Å². The summed E-state index contributed by atoms with van der Waals surface area (Å²) >= 11 is 0. The predicted octanol–water partition coefficient (Wildman–Crippen LogP) is -15.7. The standard InChI is InChI=1S/9K.H3O4P.6H/c;;;;;;;;;1-5(2,3)4;;;;;;/h;;;;;;;;;(H3,1,2,3,4);;;;;;/q;;;;;;3*+1;;;;;;;/p-3. The molecular weight excluding hydrogens is 447 g/mol. The van der Waals surface area contributed by atoms with Crippen molar-refractivity contribution in [2.45, 2.75) is 0 Å². The zero-order valence-electron chi connectivity index (χ0n) is 5.08. The van der Waals surface area contributed by atoms with E-state index >= 15 is 0 Å². The van der Waals surface area contributed by atoms with Crippen LogP contribution < -0.4 is 169 Å². The van der Waals surface area contributed by atoms with Crippen molar-refractivity contribution in [3.63, 3.8) is 0 Å². The normalized spacial score (nSPS) is 4.21. The SMILES string of the molecule is O=P([O-])([O-])[O-].[K+].[K+].[K+].[KH].[KH].[KH].[KH].[KH].[KH]. The number of hydrogen-bond donors (Lipinski definition) is 0. The molecular formula is H6K9O4P. The monoisotopic (exact) mass is 452 g/mol. The molecule has 0 rings (SSSR count). The second-order valence-electron chi connectivity index (χ2n) is 0.447. The molecule has 0 bridgehead atoms. The molecule has 0 amide bonds. The van der Waals surface area contributed by atoms with Crippen molar-refractivity contribution in [3.05, 3.63) is 0 Å². The van der Waals surface area contributed by atoms with Gasteiger partial charge in [0.2, 0.25) is 0 Å². The Morgan fingerprint density at radius 3 is 0.571 bits per heavy atom. The summed E-state index contributed by atoms with van der Waals surface area (Å²) in [5.41, 5.74) is 0. The average Bonchev–Trinajstić information content (AvgIpc) is 0.722. The van der Waals surface area contributed by atoms with Gasteiger partial charge >= 0.3 is 462 Å². The van der Waals surface area contributed by atoms with Gasteiger partial charge in [-0.3, -0.25) is 0 Å². The van der Waals surface area contributed by atoms with E-state index in [-0.39, 0.29) is 462 Å². The van der Waals surface area contributed by atoms with Gasteiger partial charge in [-0.25, -0.2) is 0 Å². The third kappa shape index (κ3) is 81.4. The Balaban J connectivity index is -0.00000000222. The van der Waals surface area contributed by atoms with Gasteiger partial charge in [-0.15, -0.1) is 0 Å². The Morgan fingerprint density at radius 1 is 0.571 bits per heavy atom. The summed E-state index contributed by atoms with van der Waals surface area (Å²) < 4.78 is 8.55. The van der Waals surface area contributed by atoms with E-state index in [4.69, 9.17) is 19.2 Å². The van der Waals surface area contributed by atoms with E-state index in [0.29, 0.717) is 0 Å². The van der Waals surface area contributed by atoms with Crippen LogP contribution in [0.3, 0.4) is 0 Å². The molecule has 0 N–H and O–H groups in total. The first-order valence-electron chi connectivity index (χ1n) is 0.730. The molecule has 0 aliphatic rings. The summed E-state index contributed by atoms with van der Waals surface area (Å²) in [6.45, 7) is 0. The molecule has 0 saturated heterocycles. The van der Waals surface area contributed by atoms with E-state index in [9.17, 15) is 0 Å². The first-order valence-corrected chi connectivity index (χ1v) is 2.19. The van der Waals surface area contributed by atoms with E-state index < -0.39 is 7.82 Å². The van der Waals surface area contributed by atoms with Crippen LogP contribution in [0.5, 0.6) is 0 Å². The average molecular weight is 453 g/mol. The molecule has 0 aromatic rings. The van der Waals surface area contributed by atoms with Crippen molar-refractivity contribution >= 4 is 316 Å². The summed E-state index contributed by atoms with van der Waals surface area (Å²) in [5.74, 6) is 0. The Bertz CT molecular complexity index is 62.9. The van der Waals surface area contributed by atoms with E-state index in [1.807, 2.05) is 0 Å². The molecule has 0 radical (unpaired) electrons. The van der Waals surface area contributed by atoms with Crippen molar-refractivity contribution in [1.82, 2.24) is 0 Å². The van der Waals surface area contributed by atoms with Crippen LogP contribution in [-0.4, -0.2) is 308 Å². The van der Waals surface area contributed by atoms with Crippen LogP contribution in [-0.2, 0) is 4.57 Å². The van der Waals surface area contributed by atoms with Crippen LogP contribution in [0.25, 0.3) is 0 Å². The summed E-state index contributed by atoms with van der Waals surface area (Å²) in [6, 6.07) is 0. The van der Waals surface area contributed by atoms with Gasteiger partial charge in [0, 0.05) is 0 Å². The number of hydrogen-bond acceptors (Lipinski definition) is 4. The Kier molecular flexibility index (Phi) is 208. The molecule has 14 heavy (non-hydrogen) atoms. The summed E-state index contributed by atoms with van der Waals surface area (Å²) in [5, 5.41) is 0. The molecule has 0 unspecified atom stereocenters. The van der Waals surface area contributed by atoms with Gasteiger partial charge in [0.05, 0.1) is 0 Å². The van der Waals surface area contributed by atoms with Crippen molar-refractivity contribution in [3.8, 4) is 0 Å².